The number of nitrogens with one attached hydrogen (secondary N) is 2. The van der Waals surface area contributed by atoms with Gasteiger partial charge in [-0.3, -0.25) is 0 Å². The van der Waals surface area contributed by atoms with Gasteiger partial charge in [0.15, 0.2) is 5.11 Å². The average molecular weight is 412 g/mol. The van der Waals surface area contributed by atoms with E-state index in [2.05, 4.69) is 46.7 Å². The molecule has 1 saturated heterocycles. The lowest BCUT2D eigenvalue weighted by atomic mass is 9.99. The van der Waals surface area contributed by atoms with Crippen LogP contribution in [0.2, 0.25) is 0 Å². The summed E-state index contributed by atoms with van der Waals surface area (Å²) in [5, 5.41) is 6.92. The van der Waals surface area contributed by atoms with E-state index < -0.39 is 0 Å². The van der Waals surface area contributed by atoms with Gasteiger partial charge in [-0.1, -0.05) is 25.1 Å². The Bertz CT molecular complexity index is 867. The Hall–Kier alpha value is -2.60. The second-order valence-electron chi connectivity index (χ2n) is 7.64. The molecule has 5 nitrogen and oxygen atoms in total. The van der Waals surface area contributed by atoms with E-state index in [1.165, 1.54) is 31.2 Å². The first-order chi connectivity index (χ1) is 14.0. The summed E-state index contributed by atoms with van der Waals surface area (Å²) in [7, 11) is 1.38. The number of ether oxygens (including phenoxy) is 1. The summed E-state index contributed by atoms with van der Waals surface area (Å²) < 4.78 is 4.82. The molecule has 3 rings (SSSR count). The minimum absolute atomic E-state index is 0.354. The fourth-order valence-corrected chi connectivity index (χ4v) is 3.88. The molecule has 0 aliphatic carbocycles. The van der Waals surface area contributed by atoms with Gasteiger partial charge in [-0.15, -0.1) is 0 Å². The van der Waals surface area contributed by atoms with Crippen molar-refractivity contribution in [2.24, 2.45) is 5.92 Å². The minimum Gasteiger partial charge on any atom is -0.465 e. The first-order valence-electron chi connectivity index (χ1n) is 10.0. The van der Waals surface area contributed by atoms with Gasteiger partial charge in [0.05, 0.1) is 12.7 Å². The highest BCUT2D eigenvalue weighted by atomic mass is 32.1. The molecular formula is C23H29N3O2S. The molecule has 0 amide bonds. The Kier molecular flexibility index (Phi) is 7.09. The zero-order valence-electron chi connectivity index (χ0n) is 17.3. The molecule has 29 heavy (non-hydrogen) atoms. The molecule has 1 aliphatic rings. The molecule has 2 N–H and O–H groups in total. The van der Waals surface area contributed by atoms with Gasteiger partial charge >= 0.3 is 5.97 Å². The molecule has 2 aromatic rings. The first kappa shape index (κ1) is 21.1. The number of thiocarbonyl (C=S) groups is 1. The molecular weight excluding hydrogens is 382 g/mol. The fourth-order valence-electron chi connectivity index (χ4n) is 3.70. The molecule has 154 valence electrons. The monoisotopic (exact) mass is 411 g/mol. The van der Waals surface area contributed by atoms with Gasteiger partial charge < -0.3 is 20.3 Å². The van der Waals surface area contributed by atoms with Crippen molar-refractivity contribution in [1.82, 2.24) is 5.32 Å². The maximum atomic E-state index is 11.8. The van der Waals surface area contributed by atoms with Crippen LogP contribution in [0, 0.1) is 12.8 Å². The molecule has 0 unspecified atom stereocenters. The second-order valence-corrected chi connectivity index (χ2v) is 8.05. The van der Waals surface area contributed by atoms with Gasteiger partial charge in [-0.05, 0) is 73.3 Å². The molecule has 6 heteroatoms. The molecule has 1 atom stereocenters. The SMILES string of the molecule is COC(=O)c1cccc(NC(=S)NCc2ccc(N3CCC[C@@H](C)C3)cc2)c1C. The number of esters is 1. The van der Waals surface area contributed by atoms with Crippen LogP contribution in [0.1, 0.15) is 41.3 Å². The molecule has 1 fully saturated rings. The number of methoxy groups -OCH3 is 1. The zero-order valence-corrected chi connectivity index (χ0v) is 18.1. The lowest BCUT2D eigenvalue weighted by Crippen LogP contribution is -2.34. The normalized spacial score (nSPS) is 16.2. The van der Waals surface area contributed by atoms with Crippen LogP contribution in [0.4, 0.5) is 11.4 Å². The van der Waals surface area contributed by atoms with Crippen LogP contribution in [0.25, 0.3) is 0 Å². The van der Waals surface area contributed by atoms with E-state index in [1.54, 1.807) is 6.07 Å². The van der Waals surface area contributed by atoms with Crippen LogP contribution < -0.4 is 15.5 Å². The van der Waals surface area contributed by atoms with Crippen molar-refractivity contribution in [2.45, 2.75) is 33.2 Å². The lowest BCUT2D eigenvalue weighted by Gasteiger charge is -2.32. The van der Waals surface area contributed by atoms with E-state index in [4.69, 9.17) is 17.0 Å². The van der Waals surface area contributed by atoms with E-state index in [0.29, 0.717) is 17.2 Å². The number of carbonyl (C=O) groups is 1. The van der Waals surface area contributed by atoms with Crippen LogP contribution in [-0.4, -0.2) is 31.3 Å². The molecule has 1 aliphatic heterocycles. The molecule has 0 saturated carbocycles. The number of piperidine rings is 1. The maximum absolute atomic E-state index is 11.8. The number of hydrogen-bond acceptors (Lipinski definition) is 4. The first-order valence-corrected chi connectivity index (χ1v) is 10.5. The second kappa shape index (κ2) is 9.74. The van der Waals surface area contributed by atoms with Gasteiger partial charge in [0.1, 0.15) is 0 Å². The predicted octanol–water partition coefficient (Wildman–Crippen LogP) is 4.50. The average Bonchev–Trinajstić information content (AvgIpc) is 2.73. The molecule has 0 aromatic heterocycles. The van der Waals surface area contributed by atoms with Crippen molar-refractivity contribution in [3.8, 4) is 0 Å². The number of carbonyl (C=O) groups excluding carboxylic acids is 1. The van der Waals surface area contributed by atoms with Gasteiger partial charge in [0, 0.05) is 31.0 Å². The molecule has 0 radical (unpaired) electrons. The third-order valence-electron chi connectivity index (χ3n) is 5.40. The van der Waals surface area contributed by atoms with Gasteiger partial charge in [0.2, 0.25) is 0 Å². The molecule has 2 aromatic carbocycles. The lowest BCUT2D eigenvalue weighted by molar-refractivity contribution is 0.0600. The van der Waals surface area contributed by atoms with Crippen LogP contribution in [0.3, 0.4) is 0 Å². The summed E-state index contributed by atoms with van der Waals surface area (Å²) in [6.07, 6.45) is 2.59. The van der Waals surface area contributed by atoms with Crippen molar-refractivity contribution in [1.29, 1.82) is 0 Å². The van der Waals surface area contributed by atoms with Crippen LogP contribution >= 0.6 is 12.2 Å². The van der Waals surface area contributed by atoms with E-state index in [-0.39, 0.29) is 5.97 Å². The van der Waals surface area contributed by atoms with Crippen molar-refractivity contribution in [3.05, 3.63) is 59.2 Å². The Morgan fingerprint density at radius 2 is 2.00 bits per heavy atom. The highest BCUT2D eigenvalue weighted by Crippen LogP contribution is 2.23. The van der Waals surface area contributed by atoms with E-state index in [0.717, 1.165) is 30.3 Å². The molecule has 0 bridgehead atoms. The number of rotatable bonds is 5. The summed E-state index contributed by atoms with van der Waals surface area (Å²) in [5.41, 5.74) is 4.59. The van der Waals surface area contributed by atoms with Crippen molar-refractivity contribution in [2.75, 3.05) is 30.4 Å². The number of hydrogen-bond donors (Lipinski definition) is 2. The highest BCUT2D eigenvalue weighted by molar-refractivity contribution is 7.80. The quantitative estimate of drug-likeness (QED) is 0.558. The summed E-state index contributed by atoms with van der Waals surface area (Å²) in [6.45, 7) is 7.10. The van der Waals surface area contributed by atoms with Crippen molar-refractivity contribution in [3.63, 3.8) is 0 Å². The molecule has 1 heterocycles. The minimum atomic E-state index is -0.354. The summed E-state index contributed by atoms with van der Waals surface area (Å²) in [6, 6.07) is 14.1. The number of anilines is 2. The Balaban J connectivity index is 1.55. The van der Waals surface area contributed by atoms with Gasteiger partial charge in [-0.25, -0.2) is 4.79 Å². The van der Waals surface area contributed by atoms with Gasteiger partial charge in [0.25, 0.3) is 0 Å². The fraction of sp³-hybridized carbons (Fsp3) is 0.391. The highest BCUT2D eigenvalue weighted by Gasteiger charge is 2.16. The summed E-state index contributed by atoms with van der Waals surface area (Å²) in [4.78, 5) is 14.3. The Labute approximate surface area is 178 Å². The van der Waals surface area contributed by atoms with Crippen molar-refractivity contribution >= 4 is 34.7 Å². The third kappa shape index (κ3) is 5.48. The van der Waals surface area contributed by atoms with Crippen molar-refractivity contribution < 1.29 is 9.53 Å². The smallest absolute Gasteiger partial charge is 0.338 e. The summed E-state index contributed by atoms with van der Waals surface area (Å²) >= 11 is 5.43. The van der Waals surface area contributed by atoms with Crippen LogP contribution in [-0.2, 0) is 11.3 Å². The standard InChI is InChI=1S/C23H29N3O2S/c1-16-6-5-13-26(15-16)19-11-9-18(10-12-19)14-24-23(29)25-21-8-4-7-20(17(21)2)22(27)28-3/h4,7-12,16H,5-6,13-15H2,1-3H3,(H2,24,25,29)/t16-/m1/s1. The molecule has 0 spiro atoms. The Morgan fingerprint density at radius 3 is 2.69 bits per heavy atom. The van der Waals surface area contributed by atoms with E-state index >= 15 is 0 Å². The predicted molar refractivity (Wildman–Crippen MR) is 123 cm³/mol. The maximum Gasteiger partial charge on any atom is 0.338 e. The van der Waals surface area contributed by atoms with E-state index in [1.807, 2.05) is 19.1 Å². The van der Waals surface area contributed by atoms with Crippen LogP contribution in [0.5, 0.6) is 0 Å². The largest absolute Gasteiger partial charge is 0.465 e. The zero-order chi connectivity index (χ0) is 20.8. The Morgan fingerprint density at radius 1 is 1.24 bits per heavy atom. The van der Waals surface area contributed by atoms with Crippen LogP contribution in [0.15, 0.2) is 42.5 Å². The third-order valence-corrected chi connectivity index (χ3v) is 5.65. The van der Waals surface area contributed by atoms with E-state index in [9.17, 15) is 4.79 Å². The summed E-state index contributed by atoms with van der Waals surface area (Å²) in [5.74, 6) is 0.405. The van der Waals surface area contributed by atoms with Gasteiger partial charge in [-0.2, -0.15) is 0 Å². The topological polar surface area (TPSA) is 53.6 Å². The number of benzene rings is 2. The number of nitrogens with zero attached hydrogens (tertiary/aromatic N) is 1.